The lowest BCUT2D eigenvalue weighted by Gasteiger charge is -2.34. The van der Waals surface area contributed by atoms with Gasteiger partial charge < -0.3 is 14.4 Å². The predicted molar refractivity (Wildman–Crippen MR) is 102 cm³/mol. The van der Waals surface area contributed by atoms with Gasteiger partial charge >= 0.3 is 0 Å². The SMILES string of the molecule is O=C1COc2ccccc2N1CC(=O)N(C[C@@H]1CCCO1)[C@H]1CCS(=O)(=O)C1. The zero-order valence-corrected chi connectivity index (χ0v) is 16.4. The van der Waals surface area contributed by atoms with Crippen LogP contribution in [0, 0.1) is 0 Å². The molecule has 0 aromatic heterocycles. The maximum atomic E-state index is 13.2. The highest BCUT2D eigenvalue weighted by Crippen LogP contribution is 2.31. The van der Waals surface area contributed by atoms with Gasteiger partial charge in [-0.3, -0.25) is 14.5 Å². The Kier molecular flexibility index (Phi) is 5.29. The average molecular weight is 408 g/mol. The van der Waals surface area contributed by atoms with E-state index in [1.165, 1.54) is 4.90 Å². The van der Waals surface area contributed by atoms with Crippen LogP contribution in [0.1, 0.15) is 19.3 Å². The molecule has 152 valence electrons. The van der Waals surface area contributed by atoms with Crippen LogP contribution in [-0.2, 0) is 24.2 Å². The highest BCUT2D eigenvalue weighted by Gasteiger charge is 2.38. The summed E-state index contributed by atoms with van der Waals surface area (Å²) in [6.07, 6.45) is 2.13. The fraction of sp³-hybridized carbons (Fsp3) is 0.579. The molecular weight excluding hydrogens is 384 g/mol. The molecule has 1 aromatic carbocycles. The smallest absolute Gasteiger partial charge is 0.265 e. The first-order valence-corrected chi connectivity index (χ1v) is 11.4. The Morgan fingerprint density at radius 2 is 2.07 bits per heavy atom. The monoisotopic (exact) mass is 408 g/mol. The summed E-state index contributed by atoms with van der Waals surface area (Å²) in [5, 5.41) is 0. The maximum Gasteiger partial charge on any atom is 0.265 e. The van der Waals surface area contributed by atoms with E-state index in [-0.39, 0.29) is 48.6 Å². The highest BCUT2D eigenvalue weighted by molar-refractivity contribution is 7.91. The summed E-state index contributed by atoms with van der Waals surface area (Å²) in [6, 6.07) is 6.72. The van der Waals surface area contributed by atoms with Gasteiger partial charge in [0.25, 0.3) is 5.91 Å². The van der Waals surface area contributed by atoms with Crippen molar-refractivity contribution in [2.75, 3.05) is 42.7 Å². The molecule has 0 saturated carbocycles. The van der Waals surface area contributed by atoms with Crippen LogP contribution in [-0.4, -0.2) is 75.1 Å². The van der Waals surface area contributed by atoms with Crippen LogP contribution in [0.5, 0.6) is 5.75 Å². The standard InChI is InChI=1S/C19H24N2O6S/c22-18(11-21-16-5-1-2-6-17(16)27-12-19(21)23)20(10-15-4-3-8-26-15)14-7-9-28(24,25)13-14/h1-2,5-6,14-15H,3-4,7-13H2/t14-,15-/m0/s1. The molecule has 2 atom stereocenters. The number of anilines is 1. The Labute approximate surface area is 164 Å². The Bertz CT molecular complexity index is 865. The molecule has 0 radical (unpaired) electrons. The fourth-order valence-electron chi connectivity index (χ4n) is 4.04. The van der Waals surface area contributed by atoms with Crippen LogP contribution in [0.2, 0.25) is 0 Å². The van der Waals surface area contributed by atoms with E-state index in [9.17, 15) is 18.0 Å². The molecule has 9 heteroatoms. The first-order valence-electron chi connectivity index (χ1n) is 9.57. The van der Waals surface area contributed by atoms with Crippen LogP contribution in [0.3, 0.4) is 0 Å². The van der Waals surface area contributed by atoms with Crippen LogP contribution in [0.15, 0.2) is 24.3 Å². The minimum absolute atomic E-state index is 0.0287. The minimum Gasteiger partial charge on any atom is -0.482 e. The number of ether oxygens (including phenoxy) is 2. The van der Waals surface area contributed by atoms with E-state index in [2.05, 4.69) is 0 Å². The number of sulfone groups is 1. The van der Waals surface area contributed by atoms with Crippen LogP contribution in [0.4, 0.5) is 5.69 Å². The van der Waals surface area contributed by atoms with E-state index in [0.717, 1.165) is 12.8 Å². The van der Waals surface area contributed by atoms with Crippen molar-refractivity contribution in [3.63, 3.8) is 0 Å². The van der Waals surface area contributed by atoms with Gasteiger partial charge in [-0.1, -0.05) is 12.1 Å². The van der Waals surface area contributed by atoms with Gasteiger partial charge in [0, 0.05) is 19.2 Å². The second-order valence-corrected chi connectivity index (χ2v) is 9.70. The number of rotatable bonds is 5. The molecule has 2 fully saturated rings. The van der Waals surface area contributed by atoms with Gasteiger partial charge in [-0.05, 0) is 31.4 Å². The molecule has 0 aliphatic carbocycles. The molecule has 28 heavy (non-hydrogen) atoms. The molecule has 2 saturated heterocycles. The molecule has 3 aliphatic rings. The van der Waals surface area contributed by atoms with E-state index in [1.54, 1.807) is 23.1 Å². The second-order valence-electron chi connectivity index (χ2n) is 7.47. The molecule has 0 unspecified atom stereocenters. The number of fused-ring (bicyclic) bond motifs is 1. The summed E-state index contributed by atoms with van der Waals surface area (Å²) >= 11 is 0. The van der Waals surface area contributed by atoms with E-state index < -0.39 is 9.84 Å². The molecular formula is C19H24N2O6S. The van der Waals surface area contributed by atoms with Gasteiger partial charge in [-0.2, -0.15) is 0 Å². The van der Waals surface area contributed by atoms with E-state index in [1.807, 2.05) is 6.07 Å². The molecule has 8 nitrogen and oxygen atoms in total. The van der Waals surface area contributed by atoms with Crippen LogP contribution >= 0.6 is 0 Å². The fourth-order valence-corrected chi connectivity index (χ4v) is 5.77. The van der Waals surface area contributed by atoms with Crippen LogP contribution in [0.25, 0.3) is 0 Å². The van der Waals surface area contributed by atoms with Crippen molar-refractivity contribution in [3.8, 4) is 5.75 Å². The molecule has 2 amide bonds. The average Bonchev–Trinajstić information content (AvgIpc) is 3.31. The Balaban J connectivity index is 1.54. The predicted octanol–water partition coefficient (Wildman–Crippen LogP) is 0.607. The molecule has 0 spiro atoms. The van der Waals surface area contributed by atoms with Gasteiger partial charge in [-0.25, -0.2) is 8.42 Å². The second kappa shape index (κ2) is 7.71. The molecule has 0 bridgehead atoms. The number of benzene rings is 1. The Morgan fingerprint density at radius 3 is 2.79 bits per heavy atom. The summed E-state index contributed by atoms with van der Waals surface area (Å²) in [6.45, 7) is 0.764. The van der Waals surface area contributed by atoms with Crippen molar-refractivity contribution in [2.24, 2.45) is 0 Å². The zero-order chi connectivity index (χ0) is 19.7. The van der Waals surface area contributed by atoms with Crippen molar-refractivity contribution in [3.05, 3.63) is 24.3 Å². The number of hydrogen-bond acceptors (Lipinski definition) is 6. The first kappa shape index (κ1) is 19.2. The normalized spacial score (nSPS) is 26.0. The number of amides is 2. The lowest BCUT2D eigenvalue weighted by atomic mass is 10.1. The topological polar surface area (TPSA) is 93.2 Å². The van der Waals surface area contributed by atoms with E-state index in [0.29, 0.717) is 31.0 Å². The van der Waals surface area contributed by atoms with Gasteiger partial charge in [0.15, 0.2) is 16.4 Å². The molecule has 3 heterocycles. The van der Waals surface area contributed by atoms with E-state index >= 15 is 0 Å². The zero-order valence-electron chi connectivity index (χ0n) is 15.6. The van der Waals surface area contributed by atoms with Gasteiger partial charge in [-0.15, -0.1) is 0 Å². The quantitative estimate of drug-likeness (QED) is 0.709. The van der Waals surface area contributed by atoms with Gasteiger partial charge in [0.05, 0.1) is 23.3 Å². The minimum atomic E-state index is -3.14. The third-order valence-electron chi connectivity index (χ3n) is 5.50. The molecule has 0 N–H and O–H groups in total. The summed E-state index contributed by atoms with van der Waals surface area (Å²) in [5.74, 6) is 0.0700. The number of carbonyl (C=O) groups is 2. The number of carbonyl (C=O) groups excluding carboxylic acids is 2. The lowest BCUT2D eigenvalue weighted by molar-refractivity contribution is -0.135. The van der Waals surface area contributed by atoms with Gasteiger partial charge in [0.2, 0.25) is 5.91 Å². The molecule has 1 aromatic rings. The van der Waals surface area contributed by atoms with Crippen molar-refractivity contribution in [1.29, 1.82) is 0 Å². The largest absolute Gasteiger partial charge is 0.482 e. The Morgan fingerprint density at radius 1 is 1.25 bits per heavy atom. The number of hydrogen-bond donors (Lipinski definition) is 0. The summed E-state index contributed by atoms with van der Waals surface area (Å²) < 4.78 is 35.0. The highest BCUT2D eigenvalue weighted by atomic mass is 32.2. The lowest BCUT2D eigenvalue weighted by Crippen LogP contribution is -2.51. The van der Waals surface area contributed by atoms with Crippen molar-refractivity contribution in [2.45, 2.75) is 31.4 Å². The van der Waals surface area contributed by atoms with E-state index in [4.69, 9.17) is 9.47 Å². The summed E-state index contributed by atoms with van der Waals surface area (Å²) in [4.78, 5) is 28.6. The van der Waals surface area contributed by atoms with Crippen molar-refractivity contribution < 1.29 is 27.5 Å². The van der Waals surface area contributed by atoms with Crippen LogP contribution < -0.4 is 9.64 Å². The molecule has 4 rings (SSSR count). The third kappa shape index (κ3) is 4.00. The van der Waals surface area contributed by atoms with Gasteiger partial charge in [0.1, 0.15) is 12.3 Å². The van der Waals surface area contributed by atoms with Crippen molar-refractivity contribution in [1.82, 2.24) is 4.90 Å². The Hall–Kier alpha value is -2.13. The summed E-state index contributed by atoms with van der Waals surface area (Å²) in [7, 11) is -3.14. The third-order valence-corrected chi connectivity index (χ3v) is 7.25. The summed E-state index contributed by atoms with van der Waals surface area (Å²) in [5.41, 5.74) is 0.559. The number of nitrogens with zero attached hydrogens (tertiary/aromatic N) is 2. The maximum absolute atomic E-state index is 13.2. The first-order chi connectivity index (χ1) is 13.4. The van der Waals surface area contributed by atoms with Crippen molar-refractivity contribution >= 4 is 27.3 Å². The molecule has 3 aliphatic heterocycles. The number of para-hydroxylation sites is 2.